The van der Waals surface area contributed by atoms with E-state index in [2.05, 4.69) is 17.2 Å². The van der Waals surface area contributed by atoms with E-state index in [0.29, 0.717) is 18.2 Å². The van der Waals surface area contributed by atoms with Gasteiger partial charge in [-0.15, -0.1) is 0 Å². The summed E-state index contributed by atoms with van der Waals surface area (Å²) in [6, 6.07) is 2.97. The van der Waals surface area contributed by atoms with Gasteiger partial charge < -0.3 is 10.2 Å². The predicted octanol–water partition coefficient (Wildman–Crippen LogP) is 2.66. The fraction of sp³-hybridized carbons (Fsp3) is 0.583. The van der Waals surface area contributed by atoms with Crippen molar-refractivity contribution in [2.75, 3.05) is 30.4 Å². The van der Waals surface area contributed by atoms with Gasteiger partial charge in [0.05, 0.1) is 17.1 Å². The molecule has 6 heteroatoms. The van der Waals surface area contributed by atoms with Crippen molar-refractivity contribution in [3.05, 3.63) is 22.2 Å². The fourth-order valence-corrected chi connectivity index (χ4v) is 1.58. The topological polar surface area (TPSA) is 71.3 Å². The average molecular weight is 252 g/mol. The number of rotatable bonds is 7. The molecule has 0 unspecified atom stereocenters. The second-order valence-corrected chi connectivity index (χ2v) is 4.13. The van der Waals surface area contributed by atoms with Gasteiger partial charge in [0.2, 0.25) is 0 Å². The zero-order valence-electron chi connectivity index (χ0n) is 11.1. The average Bonchev–Trinajstić information content (AvgIpc) is 2.35. The van der Waals surface area contributed by atoms with Gasteiger partial charge in [-0.1, -0.05) is 13.3 Å². The van der Waals surface area contributed by atoms with Crippen molar-refractivity contribution in [3.63, 3.8) is 0 Å². The van der Waals surface area contributed by atoms with Crippen molar-refractivity contribution in [1.29, 1.82) is 0 Å². The first-order chi connectivity index (χ1) is 8.58. The first kappa shape index (κ1) is 14.2. The molecule has 0 spiro atoms. The van der Waals surface area contributed by atoms with Crippen molar-refractivity contribution in [3.8, 4) is 0 Å². The third kappa shape index (κ3) is 3.87. The summed E-state index contributed by atoms with van der Waals surface area (Å²) >= 11 is 0. The third-order valence-electron chi connectivity index (χ3n) is 2.60. The highest BCUT2D eigenvalue weighted by Crippen LogP contribution is 2.22. The molecule has 18 heavy (non-hydrogen) atoms. The maximum absolute atomic E-state index is 10.9. The molecule has 1 aromatic rings. The van der Waals surface area contributed by atoms with Crippen LogP contribution in [0.1, 0.15) is 26.7 Å². The Kier molecular flexibility index (Phi) is 5.35. The lowest BCUT2D eigenvalue weighted by molar-refractivity contribution is -0.384. The van der Waals surface area contributed by atoms with Crippen LogP contribution in [0.25, 0.3) is 0 Å². The number of unbranched alkanes of at least 4 members (excludes halogenated alkanes) is 1. The maximum Gasteiger partial charge on any atom is 0.276 e. The summed E-state index contributed by atoms with van der Waals surface area (Å²) in [6.07, 6.45) is 2.12. The molecule has 0 radical (unpaired) electrons. The molecule has 0 atom stereocenters. The molecule has 0 saturated carbocycles. The molecule has 0 fully saturated rings. The van der Waals surface area contributed by atoms with Crippen LogP contribution in [0.5, 0.6) is 0 Å². The number of hydrogen-bond donors (Lipinski definition) is 1. The van der Waals surface area contributed by atoms with Gasteiger partial charge in [0.1, 0.15) is 11.6 Å². The smallest absolute Gasteiger partial charge is 0.276 e. The minimum Gasteiger partial charge on any atom is -0.370 e. The van der Waals surface area contributed by atoms with Crippen molar-refractivity contribution in [1.82, 2.24) is 4.98 Å². The zero-order valence-corrected chi connectivity index (χ0v) is 11.1. The van der Waals surface area contributed by atoms with E-state index < -0.39 is 0 Å². The van der Waals surface area contributed by atoms with Crippen LogP contribution in [0, 0.1) is 10.1 Å². The number of hydrogen-bond acceptors (Lipinski definition) is 5. The Morgan fingerprint density at radius 2 is 2.17 bits per heavy atom. The van der Waals surface area contributed by atoms with Crippen LogP contribution in [-0.4, -0.2) is 30.0 Å². The summed E-state index contributed by atoms with van der Waals surface area (Å²) in [5.74, 6) is 1.18. The number of aromatic nitrogens is 1. The van der Waals surface area contributed by atoms with Gasteiger partial charge in [0, 0.05) is 20.1 Å². The van der Waals surface area contributed by atoms with E-state index in [0.717, 1.165) is 19.4 Å². The minimum atomic E-state index is -0.389. The van der Waals surface area contributed by atoms with Crippen molar-refractivity contribution < 1.29 is 4.92 Å². The molecular weight excluding hydrogens is 232 g/mol. The van der Waals surface area contributed by atoms with Crippen LogP contribution in [0.15, 0.2) is 12.1 Å². The SMILES string of the molecule is CCCCN(C)c1cc([N+](=O)[O-])cc(NCC)n1. The lowest BCUT2D eigenvalue weighted by atomic mass is 10.3. The van der Waals surface area contributed by atoms with Crippen LogP contribution < -0.4 is 10.2 Å². The van der Waals surface area contributed by atoms with Crippen LogP contribution in [0.4, 0.5) is 17.3 Å². The summed E-state index contributed by atoms with van der Waals surface area (Å²) in [5.41, 5.74) is 0.0688. The van der Waals surface area contributed by atoms with E-state index in [1.807, 2.05) is 18.9 Å². The quantitative estimate of drug-likeness (QED) is 0.596. The molecule has 0 saturated heterocycles. The standard InChI is InChI=1S/C12H20N4O2/c1-4-6-7-15(3)12-9-10(16(17)18)8-11(14-12)13-5-2/h8-9H,4-7H2,1-3H3,(H,13,14). The number of nitrogens with one attached hydrogen (secondary N) is 1. The van der Waals surface area contributed by atoms with Gasteiger partial charge in [-0.05, 0) is 13.3 Å². The maximum atomic E-state index is 10.9. The highest BCUT2D eigenvalue weighted by atomic mass is 16.6. The van der Waals surface area contributed by atoms with Gasteiger partial charge in [-0.2, -0.15) is 0 Å². The van der Waals surface area contributed by atoms with E-state index in [9.17, 15) is 10.1 Å². The Hall–Kier alpha value is -1.85. The Balaban J connectivity index is 2.98. The molecule has 0 aromatic carbocycles. The molecule has 0 amide bonds. The lowest BCUT2D eigenvalue weighted by Crippen LogP contribution is -2.20. The molecule has 1 rings (SSSR count). The summed E-state index contributed by atoms with van der Waals surface area (Å²) in [6.45, 7) is 5.57. The van der Waals surface area contributed by atoms with Crippen molar-refractivity contribution >= 4 is 17.3 Å². The number of anilines is 2. The molecular formula is C12H20N4O2. The fourth-order valence-electron chi connectivity index (χ4n) is 1.58. The van der Waals surface area contributed by atoms with E-state index in [1.54, 1.807) is 0 Å². The van der Waals surface area contributed by atoms with Crippen LogP contribution in [-0.2, 0) is 0 Å². The van der Waals surface area contributed by atoms with E-state index in [4.69, 9.17) is 0 Å². The van der Waals surface area contributed by atoms with E-state index in [1.165, 1.54) is 12.1 Å². The Labute approximate surface area is 107 Å². The molecule has 6 nitrogen and oxygen atoms in total. The van der Waals surface area contributed by atoms with Crippen LogP contribution in [0.3, 0.4) is 0 Å². The molecule has 0 bridgehead atoms. The normalized spacial score (nSPS) is 10.2. The molecule has 1 aromatic heterocycles. The minimum absolute atomic E-state index is 0.0688. The summed E-state index contributed by atoms with van der Waals surface area (Å²) in [5, 5.41) is 13.9. The first-order valence-electron chi connectivity index (χ1n) is 6.20. The third-order valence-corrected chi connectivity index (χ3v) is 2.60. The lowest BCUT2D eigenvalue weighted by Gasteiger charge is -2.18. The second kappa shape index (κ2) is 6.78. The molecule has 1 heterocycles. The summed E-state index contributed by atoms with van der Waals surface area (Å²) < 4.78 is 0. The Morgan fingerprint density at radius 3 is 2.72 bits per heavy atom. The molecule has 100 valence electrons. The van der Waals surface area contributed by atoms with Gasteiger partial charge in [-0.3, -0.25) is 10.1 Å². The number of pyridine rings is 1. The number of nitrogens with zero attached hydrogens (tertiary/aromatic N) is 3. The second-order valence-electron chi connectivity index (χ2n) is 4.13. The van der Waals surface area contributed by atoms with Crippen LogP contribution >= 0.6 is 0 Å². The summed E-state index contributed by atoms with van der Waals surface area (Å²) in [7, 11) is 1.90. The Morgan fingerprint density at radius 1 is 1.44 bits per heavy atom. The molecule has 0 aliphatic heterocycles. The largest absolute Gasteiger partial charge is 0.370 e. The van der Waals surface area contributed by atoms with Crippen molar-refractivity contribution in [2.45, 2.75) is 26.7 Å². The van der Waals surface area contributed by atoms with E-state index in [-0.39, 0.29) is 10.6 Å². The predicted molar refractivity (Wildman–Crippen MR) is 73.2 cm³/mol. The monoisotopic (exact) mass is 252 g/mol. The van der Waals surface area contributed by atoms with Gasteiger partial charge >= 0.3 is 0 Å². The van der Waals surface area contributed by atoms with Crippen LogP contribution in [0.2, 0.25) is 0 Å². The van der Waals surface area contributed by atoms with Gasteiger partial charge in [0.25, 0.3) is 5.69 Å². The highest BCUT2D eigenvalue weighted by molar-refractivity contribution is 5.55. The molecule has 0 aliphatic rings. The summed E-state index contributed by atoms with van der Waals surface area (Å²) in [4.78, 5) is 16.8. The van der Waals surface area contributed by atoms with Gasteiger partial charge in [-0.25, -0.2) is 4.98 Å². The van der Waals surface area contributed by atoms with Gasteiger partial charge in [0.15, 0.2) is 0 Å². The van der Waals surface area contributed by atoms with Crippen molar-refractivity contribution in [2.24, 2.45) is 0 Å². The highest BCUT2D eigenvalue weighted by Gasteiger charge is 2.13. The Bertz CT molecular complexity index is 409. The first-order valence-corrected chi connectivity index (χ1v) is 6.20. The molecule has 0 aliphatic carbocycles. The molecule has 1 N–H and O–H groups in total. The van der Waals surface area contributed by atoms with E-state index >= 15 is 0 Å². The zero-order chi connectivity index (χ0) is 13.5. The number of nitro groups is 1.